The molecule has 17 heavy (non-hydrogen) atoms. The number of carbonyl (C=O) groups is 1. The second-order valence-electron chi connectivity index (χ2n) is 5.56. The summed E-state index contributed by atoms with van der Waals surface area (Å²) in [5.74, 6) is 1.95. The fourth-order valence-electron chi connectivity index (χ4n) is 2.77. The molecule has 2 rings (SSSR count). The van der Waals surface area contributed by atoms with Crippen molar-refractivity contribution in [2.24, 2.45) is 17.8 Å². The molecule has 0 aromatic heterocycles. The van der Waals surface area contributed by atoms with Crippen molar-refractivity contribution in [3.8, 4) is 0 Å². The fourth-order valence-corrected chi connectivity index (χ4v) is 2.77. The monoisotopic (exact) mass is 260 g/mol. The Balaban J connectivity index is 0.00000144. The van der Waals surface area contributed by atoms with E-state index in [4.69, 9.17) is 0 Å². The van der Waals surface area contributed by atoms with Crippen molar-refractivity contribution in [3.63, 3.8) is 0 Å². The SMILES string of the molecule is CC(CC1CCCC1)C(=O)NCC1CNC1.Cl. The lowest BCUT2D eigenvalue weighted by atomic mass is 9.93. The number of halogens is 1. The zero-order valence-electron chi connectivity index (χ0n) is 10.7. The van der Waals surface area contributed by atoms with Gasteiger partial charge < -0.3 is 10.6 Å². The van der Waals surface area contributed by atoms with Gasteiger partial charge in [-0.1, -0.05) is 32.6 Å². The molecule has 1 saturated carbocycles. The molecule has 0 radical (unpaired) electrons. The predicted molar refractivity (Wildman–Crippen MR) is 72.4 cm³/mol. The van der Waals surface area contributed by atoms with Gasteiger partial charge in [-0.05, 0) is 12.3 Å². The number of nitrogens with one attached hydrogen (secondary N) is 2. The quantitative estimate of drug-likeness (QED) is 0.794. The standard InChI is InChI=1S/C13H24N2O.ClH/c1-10(6-11-4-2-3-5-11)13(16)15-9-12-7-14-8-12;/h10-12,14H,2-9H2,1H3,(H,15,16);1H. The summed E-state index contributed by atoms with van der Waals surface area (Å²) in [5.41, 5.74) is 0. The van der Waals surface area contributed by atoms with Crippen LogP contribution in [0.5, 0.6) is 0 Å². The van der Waals surface area contributed by atoms with Crippen molar-refractivity contribution in [2.45, 2.75) is 39.0 Å². The number of carbonyl (C=O) groups excluding carboxylic acids is 1. The molecule has 3 nitrogen and oxygen atoms in total. The number of hydrogen-bond donors (Lipinski definition) is 2. The molecular weight excluding hydrogens is 236 g/mol. The summed E-state index contributed by atoms with van der Waals surface area (Å²) in [6.07, 6.45) is 6.50. The van der Waals surface area contributed by atoms with Crippen LogP contribution in [0.25, 0.3) is 0 Å². The summed E-state index contributed by atoms with van der Waals surface area (Å²) >= 11 is 0. The Hall–Kier alpha value is -0.280. The fraction of sp³-hybridized carbons (Fsp3) is 0.923. The molecule has 100 valence electrons. The van der Waals surface area contributed by atoms with E-state index in [0.29, 0.717) is 5.92 Å². The minimum absolute atomic E-state index is 0. The molecule has 2 fully saturated rings. The van der Waals surface area contributed by atoms with Crippen LogP contribution >= 0.6 is 12.4 Å². The van der Waals surface area contributed by atoms with E-state index in [1.165, 1.54) is 25.7 Å². The zero-order chi connectivity index (χ0) is 11.4. The molecule has 2 N–H and O–H groups in total. The minimum Gasteiger partial charge on any atom is -0.355 e. The first-order chi connectivity index (χ1) is 7.75. The first-order valence-electron chi connectivity index (χ1n) is 6.74. The Morgan fingerprint density at radius 1 is 1.29 bits per heavy atom. The summed E-state index contributed by atoms with van der Waals surface area (Å²) < 4.78 is 0. The second-order valence-corrected chi connectivity index (χ2v) is 5.56. The van der Waals surface area contributed by atoms with Gasteiger partial charge in [-0.2, -0.15) is 0 Å². The summed E-state index contributed by atoms with van der Waals surface area (Å²) in [6, 6.07) is 0. The molecule has 1 saturated heterocycles. The largest absolute Gasteiger partial charge is 0.355 e. The Bertz CT molecular complexity index is 238. The molecule has 2 aliphatic rings. The second kappa shape index (κ2) is 7.22. The molecule has 1 aliphatic carbocycles. The molecule has 0 aromatic carbocycles. The van der Waals surface area contributed by atoms with Crippen molar-refractivity contribution in [2.75, 3.05) is 19.6 Å². The van der Waals surface area contributed by atoms with Crippen LogP contribution in [-0.2, 0) is 4.79 Å². The van der Waals surface area contributed by atoms with Crippen molar-refractivity contribution in [1.29, 1.82) is 0 Å². The normalized spacial score (nSPS) is 22.6. The van der Waals surface area contributed by atoms with E-state index >= 15 is 0 Å². The lowest BCUT2D eigenvalue weighted by Gasteiger charge is -2.27. The van der Waals surface area contributed by atoms with Gasteiger partial charge in [-0.3, -0.25) is 4.79 Å². The van der Waals surface area contributed by atoms with Gasteiger partial charge in [0.2, 0.25) is 5.91 Å². The molecule has 1 atom stereocenters. The molecule has 1 unspecified atom stereocenters. The summed E-state index contributed by atoms with van der Waals surface area (Å²) in [6.45, 7) is 5.07. The molecule has 1 amide bonds. The van der Waals surface area contributed by atoms with E-state index in [0.717, 1.165) is 32.0 Å². The highest BCUT2D eigenvalue weighted by Crippen LogP contribution is 2.30. The smallest absolute Gasteiger partial charge is 0.222 e. The molecular formula is C13H25ClN2O. The van der Waals surface area contributed by atoms with E-state index in [1.807, 2.05) is 0 Å². The Kier molecular flexibility index (Phi) is 6.28. The minimum atomic E-state index is 0. The molecule has 0 bridgehead atoms. The Morgan fingerprint density at radius 3 is 2.47 bits per heavy atom. The van der Waals surface area contributed by atoms with E-state index in [2.05, 4.69) is 17.6 Å². The van der Waals surface area contributed by atoms with Crippen LogP contribution in [0.15, 0.2) is 0 Å². The Labute approximate surface area is 111 Å². The molecule has 1 heterocycles. The molecule has 4 heteroatoms. The lowest BCUT2D eigenvalue weighted by Crippen LogP contribution is -2.48. The van der Waals surface area contributed by atoms with E-state index in [1.54, 1.807) is 0 Å². The highest BCUT2D eigenvalue weighted by Gasteiger charge is 2.23. The molecule has 1 aliphatic heterocycles. The number of rotatable bonds is 5. The van der Waals surface area contributed by atoms with Gasteiger partial charge in [0.05, 0.1) is 0 Å². The van der Waals surface area contributed by atoms with E-state index in [-0.39, 0.29) is 24.2 Å². The molecule has 0 spiro atoms. The van der Waals surface area contributed by atoms with Gasteiger partial charge in [0.15, 0.2) is 0 Å². The van der Waals surface area contributed by atoms with Crippen LogP contribution in [0, 0.1) is 17.8 Å². The van der Waals surface area contributed by atoms with Gasteiger partial charge >= 0.3 is 0 Å². The van der Waals surface area contributed by atoms with Gasteiger partial charge in [-0.15, -0.1) is 12.4 Å². The maximum absolute atomic E-state index is 11.8. The van der Waals surface area contributed by atoms with Gasteiger partial charge in [0.1, 0.15) is 0 Å². The van der Waals surface area contributed by atoms with Crippen molar-refractivity contribution in [3.05, 3.63) is 0 Å². The van der Waals surface area contributed by atoms with E-state index < -0.39 is 0 Å². The van der Waals surface area contributed by atoms with Crippen molar-refractivity contribution in [1.82, 2.24) is 10.6 Å². The third kappa shape index (κ3) is 4.47. The van der Waals surface area contributed by atoms with Gasteiger partial charge in [-0.25, -0.2) is 0 Å². The number of hydrogen-bond acceptors (Lipinski definition) is 2. The lowest BCUT2D eigenvalue weighted by molar-refractivity contribution is -0.125. The average Bonchev–Trinajstić information content (AvgIpc) is 2.67. The van der Waals surface area contributed by atoms with Crippen molar-refractivity contribution < 1.29 is 4.79 Å². The zero-order valence-corrected chi connectivity index (χ0v) is 11.5. The maximum Gasteiger partial charge on any atom is 0.222 e. The third-order valence-corrected chi connectivity index (χ3v) is 4.04. The first-order valence-corrected chi connectivity index (χ1v) is 6.74. The van der Waals surface area contributed by atoms with Crippen LogP contribution in [0.2, 0.25) is 0 Å². The van der Waals surface area contributed by atoms with Crippen LogP contribution in [0.3, 0.4) is 0 Å². The first kappa shape index (κ1) is 14.8. The average molecular weight is 261 g/mol. The highest BCUT2D eigenvalue weighted by molar-refractivity contribution is 5.85. The van der Waals surface area contributed by atoms with Crippen molar-refractivity contribution >= 4 is 18.3 Å². The maximum atomic E-state index is 11.8. The number of amides is 1. The predicted octanol–water partition coefficient (Wildman–Crippen LogP) is 1.96. The summed E-state index contributed by atoms with van der Waals surface area (Å²) in [4.78, 5) is 11.8. The highest BCUT2D eigenvalue weighted by atomic mass is 35.5. The van der Waals surface area contributed by atoms with Crippen LogP contribution in [-0.4, -0.2) is 25.5 Å². The van der Waals surface area contributed by atoms with Gasteiger partial charge in [0.25, 0.3) is 0 Å². The molecule has 0 aromatic rings. The summed E-state index contributed by atoms with van der Waals surface area (Å²) in [5, 5.41) is 6.30. The Morgan fingerprint density at radius 2 is 1.94 bits per heavy atom. The van der Waals surface area contributed by atoms with Crippen LogP contribution < -0.4 is 10.6 Å². The van der Waals surface area contributed by atoms with Crippen LogP contribution in [0.1, 0.15) is 39.0 Å². The van der Waals surface area contributed by atoms with Crippen LogP contribution in [0.4, 0.5) is 0 Å². The third-order valence-electron chi connectivity index (χ3n) is 4.04. The van der Waals surface area contributed by atoms with Gasteiger partial charge in [0, 0.05) is 31.5 Å². The topological polar surface area (TPSA) is 41.1 Å². The summed E-state index contributed by atoms with van der Waals surface area (Å²) in [7, 11) is 0. The van der Waals surface area contributed by atoms with E-state index in [9.17, 15) is 4.79 Å².